The summed E-state index contributed by atoms with van der Waals surface area (Å²) in [6, 6.07) is 6.17. The Labute approximate surface area is 154 Å². The largest absolute Gasteiger partial charge is 0.449 e. The lowest BCUT2D eigenvalue weighted by Crippen LogP contribution is -2.53. The zero-order valence-corrected chi connectivity index (χ0v) is 15.8. The highest BCUT2D eigenvalue weighted by molar-refractivity contribution is 9.10. The first-order valence-corrected chi connectivity index (χ1v) is 8.95. The third kappa shape index (κ3) is 4.18. The van der Waals surface area contributed by atoms with Crippen molar-refractivity contribution in [2.75, 3.05) is 7.05 Å². The standard InChI is InChI=1S/C18H20BrFN2O3/c1-12(25-17(24)14-10-13(19)6-7-15(14)20)16(23)22(2)18(11-21)8-4-3-5-9-18/h6-7,10,12H,3-5,8-9H2,1-2H3/t12-/m1/s1. The van der Waals surface area contributed by atoms with Crippen LogP contribution < -0.4 is 0 Å². The van der Waals surface area contributed by atoms with Crippen LogP contribution in [0.5, 0.6) is 0 Å². The molecule has 0 N–H and O–H groups in total. The molecule has 1 aromatic rings. The van der Waals surface area contributed by atoms with Crippen molar-refractivity contribution >= 4 is 27.8 Å². The van der Waals surface area contributed by atoms with E-state index in [9.17, 15) is 19.2 Å². The van der Waals surface area contributed by atoms with Gasteiger partial charge in [-0.2, -0.15) is 5.26 Å². The van der Waals surface area contributed by atoms with E-state index in [1.54, 1.807) is 7.05 Å². The molecule has 0 aromatic heterocycles. The second-order valence-corrected chi connectivity index (χ2v) is 7.19. The maximum absolute atomic E-state index is 13.8. The first-order chi connectivity index (χ1) is 11.8. The molecular formula is C18H20BrFN2O3. The van der Waals surface area contributed by atoms with Crippen molar-refractivity contribution in [1.29, 1.82) is 5.26 Å². The summed E-state index contributed by atoms with van der Waals surface area (Å²) in [5, 5.41) is 9.56. The summed E-state index contributed by atoms with van der Waals surface area (Å²) in [5.74, 6) is -2.10. The normalized spacial score (nSPS) is 17.2. The Morgan fingerprint density at radius 3 is 2.60 bits per heavy atom. The summed E-state index contributed by atoms with van der Waals surface area (Å²) in [6.45, 7) is 1.43. The number of nitrogens with zero attached hydrogens (tertiary/aromatic N) is 2. The number of ether oxygens (including phenoxy) is 1. The molecular weight excluding hydrogens is 391 g/mol. The number of halogens is 2. The minimum atomic E-state index is -1.11. The fraction of sp³-hybridized carbons (Fsp3) is 0.500. The average molecular weight is 411 g/mol. The minimum absolute atomic E-state index is 0.246. The van der Waals surface area contributed by atoms with Gasteiger partial charge in [0.25, 0.3) is 5.91 Å². The molecule has 25 heavy (non-hydrogen) atoms. The summed E-state index contributed by atoms with van der Waals surface area (Å²) in [4.78, 5) is 26.2. The Kier molecular flexibility index (Phi) is 6.17. The molecule has 0 radical (unpaired) electrons. The summed E-state index contributed by atoms with van der Waals surface area (Å²) in [6.07, 6.45) is 2.89. The average Bonchev–Trinajstić information content (AvgIpc) is 2.62. The molecule has 1 aromatic carbocycles. The van der Waals surface area contributed by atoms with E-state index in [4.69, 9.17) is 4.74 Å². The summed E-state index contributed by atoms with van der Waals surface area (Å²) < 4.78 is 19.4. The van der Waals surface area contributed by atoms with Crippen LogP contribution >= 0.6 is 15.9 Å². The van der Waals surface area contributed by atoms with Gasteiger partial charge in [-0.1, -0.05) is 35.2 Å². The maximum atomic E-state index is 13.8. The highest BCUT2D eigenvalue weighted by atomic mass is 79.9. The van der Waals surface area contributed by atoms with Gasteiger partial charge in [0.2, 0.25) is 0 Å². The predicted octanol–water partition coefficient (Wildman–Crippen LogP) is 3.82. The van der Waals surface area contributed by atoms with Crippen molar-refractivity contribution in [2.24, 2.45) is 0 Å². The lowest BCUT2D eigenvalue weighted by molar-refractivity contribution is -0.143. The molecule has 1 saturated carbocycles. The molecule has 1 atom stereocenters. The quantitative estimate of drug-likeness (QED) is 0.707. The number of rotatable bonds is 4. The van der Waals surface area contributed by atoms with Gasteiger partial charge >= 0.3 is 5.97 Å². The van der Waals surface area contributed by atoms with Crippen molar-refractivity contribution in [3.63, 3.8) is 0 Å². The van der Waals surface area contributed by atoms with Gasteiger partial charge in [0, 0.05) is 11.5 Å². The zero-order valence-electron chi connectivity index (χ0n) is 14.2. The number of carbonyl (C=O) groups is 2. The fourth-order valence-electron chi connectivity index (χ4n) is 3.07. The molecule has 0 spiro atoms. The van der Waals surface area contributed by atoms with Gasteiger partial charge in [-0.05, 0) is 38.0 Å². The number of amides is 1. The maximum Gasteiger partial charge on any atom is 0.341 e. The number of hydrogen-bond acceptors (Lipinski definition) is 4. The molecule has 0 saturated heterocycles. The van der Waals surface area contributed by atoms with Crippen LogP contribution in [0.3, 0.4) is 0 Å². The number of likely N-dealkylation sites (N-methyl/N-ethyl adjacent to an activating group) is 1. The van der Waals surface area contributed by atoms with E-state index in [-0.39, 0.29) is 5.56 Å². The second kappa shape index (κ2) is 7.96. The molecule has 1 amide bonds. The Balaban J connectivity index is 2.10. The van der Waals surface area contributed by atoms with E-state index >= 15 is 0 Å². The van der Waals surface area contributed by atoms with Crippen LogP contribution in [-0.2, 0) is 9.53 Å². The van der Waals surface area contributed by atoms with E-state index in [0.717, 1.165) is 25.3 Å². The molecule has 0 heterocycles. The summed E-state index contributed by atoms with van der Waals surface area (Å²) in [7, 11) is 1.56. The van der Waals surface area contributed by atoms with Crippen molar-refractivity contribution < 1.29 is 18.7 Å². The first kappa shape index (κ1) is 19.4. The van der Waals surface area contributed by atoms with Crippen molar-refractivity contribution in [3.05, 3.63) is 34.1 Å². The Morgan fingerprint density at radius 2 is 2.00 bits per heavy atom. The van der Waals surface area contributed by atoms with Crippen LogP contribution in [0.2, 0.25) is 0 Å². The Hall–Kier alpha value is -1.94. The van der Waals surface area contributed by atoms with Gasteiger partial charge in [-0.3, -0.25) is 4.79 Å². The van der Waals surface area contributed by atoms with Crippen molar-refractivity contribution in [2.45, 2.75) is 50.7 Å². The van der Waals surface area contributed by atoms with Gasteiger partial charge in [0.1, 0.15) is 11.4 Å². The van der Waals surface area contributed by atoms with E-state index in [1.165, 1.54) is 24.0 Å². The molecule has 5 nitrogen and oxygen atoms in total. The number of hydrogen-bond donors (Lipinski definition) is 0. The molecule has 0 bridgehead atoms. The van der Waals surface area contributed by atoms with E-state index in [1.807, 2.05) is 0 Å². The van der Waals surface area contributed by atoms with E-state index < -0.39 is 29.3 Å². The second-order valence-electron chi connectivity index (χ2n) is 6.27. The monoisotopic (exact) mass is 410 g/mol. The third-order valence-corrected chi connectivity index (χ3v) is 5.13. The van der Waals surface area contributed by atoms with Crippen LogP contribution in [0.4, 0.5) is 4.39 Å². The smallest absolute Gasteiger partial charge is 0.341 e. The van der Waals surface area contributed by atoms with E-state index in [2.05, 4.69) is 22.0 Å². The highest BCUT2D eigenvalue weighted by Crippen LogP contribution is 2.33. The summed E-state index contributed by atoms with van der Waals surface area (Å²) in [5.41, 5.74) is -1.11. The number of esters is 1. The van der Waals surface area contributed by atoms with Crippen LogP contribution in [0.25, 0.3) is 0 Å². The lowest BCUT2D eigenvalue weighted by atomic mass is 9.81. The van der Waals surface area contributed by atoms with Crippen LogP contribution in [0, 0.1) is 17.1 Å². The molecule has 1 aliphatic carbocycles. The van der Waals surface area contributed by atoms with Gasteiger partial charge in [-0.15, -0.1) is 0 Å². The van der Waals surface area contributed by atoms with E-state index in [0.29, 0.717) is 17.3 Å². The number of benzene rings is 1. The highest BCUT2D eigenvalue weighted by Gasteiger charge is 2.40. The van der Waals surface area contributed by atoms with Gasteiger partial charge in [0.05, 0.1) is 11.6 Å². The summed E-state index contributed by atoms with van der Waals surface area (Å²) >= 11 is 3.17. The molecule has 1 fully saturated rings. The molecule has 0 aliphatic heterocycles. The van der Waals surface area contributed by atoms with Crippen LogP contribution in [0.15, 0.2) is 22.7 Å². The van der Waals surface area contributed by atoms with Crippen LogP contribution in [-0.4, -0.2) is 35.5 Å². The topological polar surface area (TPSA) is 70.4 Å². The zero-order chi connectivity index (χ0) is 18.6. The first-order valence-electron chi connectivity index (χ1n) is 8.16. The van der Waals surface area contributed by atoms with Crippen LogP contribution in [0.1, 0.15) is 49.4 Å². The third-order valence-electron chi connectivity index (χ3n) is 4.64. The SMILES string of the molecule is C[C@@H](OC(=O)c1cc(Br)ccc1F)C(=O)N(C)C1(C#N)CCCCC1. The van der Waals surface area contributed by atoms with Crippen molar-refractivity contribution in [1.82, 2.24) is 4.90 Å². The lowest BCUT2D eigenvalue weighted by Gasteiger charge is -2.39. The van der Waals surface area contributed by atoms with Gasteiger partial charge in [0.15, 0.2) is 6.10 Å². The molecule has 2 rings (SSSR count). The minimum Gasteiger partial charge on any atom is -0.449 e. The van der Waals surface area contributed by atoms with Gasteiger partial charge in [-0.25, -0.2) is 9.18 Å². The molecule has 134 valence electrons. The Bertz CT molecular complexity index is 711. The van der Waals surface area contributed by atoms with Crippen molar-refractivity contribution in [3.8, 4) is 6.07 Å². The molecule has 1 aliphatic rings. The molecule has 0 unspecified atom stereocenters. The molecule has 7 heteroatoms. The predicted molar refractivity (Wildman–Crippen MR) is 93.2 cm³/mol. The Morgan fingerprint density at radius 1 is 1.36 bits per heavy atom. The van der Waals surface area contributed by atoms with Gasteiger partial charge < -0.3 is 9.64 Å². The number of carbonyl (C=O) groups excluding carboxylic acids is 2. The fourth-order valence-corrected chi connectivity index (χ4v) is 3.43. The number of nitriles is 1.